The quantitative estimate of drug-likeness (QED) is 0.903. The Morgan fingerprint density at radius 3 is 2.52 bits per heavy atom. The van der Waals surface area contributed by atoms with Gasteiger partial charge in [0.25, 0.3) is 5.91 Å². The molecule has 1 aliphatic heterocycles. The van der Waals surface area contributed by atoms with E-state index in [-0.39, 0.29) is 30.0 Å². The Labute approximate surface area is 157 Å². The Morgan fingerprint density at radius 1 is 1.15 bits per heavy atom. The molecule has 6 heteroatoms. The van der Waals surface area contributed by atoms with Crippen LogP contribution in [0.5, 0.6) is 0 Å². The highest BCUT2D eigenvalue weighted by molar-refractivity contribution is 5.95. The number of rotatable bonds is 4. The van der Waals surface area contributed by atoms with Crippen LogP contribution in [0.3, 0.4) is 0 Å². The molecule has 0 radical (unpaired) electrons. The van der Waals surface area contributed by atoms with Gasteiger partial charge in [-0.15, -0.1) is 0 Å². The third-order valence-corrected chi connectivity index (χ3v) is 4.72. The molecule has 2 amide bonds. The van der Waals surface area contributed by atoms with Gasteiger partial charge in [0.1, 0.15) is 5.82 Å². The molecule has 2 aromatic rings. The number of nitrogens with zero attached hydrogens (tertiary/aromatic N) is 2. The number of amides is 2. The standard InChI is InChI=1S/C21H20FN3O2/c22-18-4-6-19(7-5-18)24-20(26)16-9-12-25(13-10-16)21(27)17-3-1-2-15(14-17)8-11-23/h1-7,14,16H,8-10,12-13H2,(H,24,26). The minimum Gasteiger partial charge on any atom is -0.339 e. The summed E-state index contributed by atoms with van der Waals surface area (Å²) in [7, 11) is 0. The first-order valence-electron chi connectivity index (χ1n) is 8.88. The first-order valence-corrected chi connectivity index (χ1v) is 8.88. The largest absolute Gasteiger partial charge is 0.339 e. The lowest BCUT2D eigenvalue weighted by Gasteiger charge is -2.31. The molecule has 138 valence electrons. The molecular formula is C21H20FN3O2. The highest BCUT2D eigenvalue weighted by Crippen LogP contribution is 2.21. The lowest BCUT2D eigenvalue weighted by molar-refractivity contribution is -0.121. The van der Waals surface area contributed by atoms with Crippen LogP contribution in [0.4, 0.5) is 10.1 Å². The minimum atomic E-state index is -0.348. The predicted molar refractivity (Wildman–Crippen MR) is 99.4 cm³/mol. The van der Waals surface area contributed by atoms with Gasteiger partial charge in [-0.1, -0.05) is 12.1 Å². The summed E-state index contributed by atoms with van der Waals surface area (Å²) in [6, 6.07) is 14.8. The maximum absolute atomic E-state index is 12.9. The van der Waals surface area contributed by atoms with E-state index >= 15 is 0 Å². The zero-order chi connectivity index (χ0) is 19.2. The maximum Gasteiger partial charge on any atom is 0.253 e. The second kappa shape index (κ2) is 8.45. The Kier molecular flexibility index (Phi) is 5.82. The topological polar surface area (TPSA) is 73.2 Å². The number of benzene rings is 2. The molecule has 0 aliphatic carbocycles. The number of hydrogen-bond donors (Lipinski definition) is 1. The van der Waals surface area contributed by atoms with Crippen LogP contribution in [-0.2, 0) is 11.2 Å². The van der Waals surface area contributed by atoms with Crippen molar-refractivity contribution >= 4 is 17.5 Å². The minimum absolute atomic E-state index is 0.0767. The summed E-state index contributed by atoms with van der Waals surface area (Å²) in [6.07, 6.45) is 1.43. The molecule has 0 unspecified atom stereocenters. The van der Waals surface area contributed by atoms with Gasteiger partial charge in [0.2, 0.25) is 5.91 Å². The third-order valence-electron chi connectivity index (χ3n) is 4.72. The van der Waals surface area contributed by atoms with E-state index in [4.69, 9.17) is 5.26 Å². The maximum atomic E-state index is 12.9. The van der Waals surface area contributed by atoms with Gasteiger partial charge in [-0.3, -0.25) is 9.59 Å². The van der Waals surface area contributed by atoms with Gasteiger partial charge < -0.3 is 10.2 Å². The van der Waals surface area contributed by atoms with Gasteiger partial charge in [-0.2, -0.15) is 5.26 Å². The van der Waals surface area contributed by atoms with Crippen molar-refractivity contribution in [3.05, 3.63) is 65.5 Å². The second-order valence-corrected chi connectivity index (χ2v) is 6.60. The molecule has 2 aromatic carbocycles. The molecule has 1 saturated heterocycles. The van der Waals surface area contributed by atoms with E-state index in [2.05, 4.69) is 11.4 Å². The third kappa shape index (κ3) is 4.70. The zero-order valence-corrected chi connectivity index (χ0v) is 14.8. The highest BCUT2D eigenvalue weighted by Gasteiger charge is 2.28. The zero-order valence-electron chi connectivity index (χ0n) is 14.8. The number of likely N-dealkylation sites (tertiary alicyclic amines) is 1. The lowest BCUT2D eigenvalue weighted by atomic mass is 9.95. The van der Waals surface area contributed by atoms with E-state index < -0.39 is 0 Å². The van der Waals surface area contributed by atoms with Gasteiger partial charge in [0.15, 0.2) is 0 Å². The van der Waals surface area contributed by atoms with E-state index in [0.29, 0.717) is 37.2 Å². The van der Waals surface area contributed by atoms with Gasteiger partial charge in [-0.05, 0) is 54.8 Å². The SMILES string of the molecule is N#CCc1cccc(C(=O)N2CCC(C(=O)Nc3ccc(F)cc3)CC2)c1. The van der Waals surface area contributed by atoms with Crippen molar-refractivity contribution in [3.63, 3.8) is 0 Å². The fourth-order valence-electron chi connectivity index (χ4n) is 3.21. The van der Waals surface area contributed by atoms with Gasteiger partial charge in [0, 0.05) is 30.3 Å². The summed E-state index contributed by atoms with van der Waals surface area (Å²) in [5.41, 5.74) is 1.95. The molecular weight excluding hydrogens is 345 g/mol. The first kappa shape index (κ1) is 18.6. The van der Waals surface area contributed by atoms with E-state index in [1.807, 2.05) is 6.07 Å². The Balaban J connectivity index is 1.55. The van der Waals surface area contributed by atoms with Crippen molar-refractivity contribution in [1.29, 1.82) is 5.26 Å². The highest BCUT2D eigenvalue weighted by atomic mass is 19.1. The van der Waals surface area contributed by atoms with E-state index in [9.17, 15) is 14.0 Å². The monoisotopic (exact) mass is 365 g/mol. The summed E-state index contributed by atoms with van der Waals surface area (Å²) in [5.74, 6) is -0.709. The Hall–Kier alpha value is -3.20. The van der Waals surface area contributed by atoms with Crippen molar-refractivity contribution in [1.82, 2.24) is 4.90 Å². The number of nitriles is 1. The van der Waals surface area contributed by atoms with Crippen molar-refractivity contribution in [2.45, 2.75) is 19.3 Å². The van der Waals surface area contributed by atoms with Crippen molar-refractivity contribution in [2.24, 2.45) is 5.92 Å². The molecule has 27 heavy (non-hydrogen) atoms. The van der Waals surface area contributed by atoms with E-state index in [1.54, 1.807) is 23.1 Å². The number of piperidine rings is 1. The fourth-order valence-corrected chi connectivity index (χ4v) is 3.21. The van der Waals surface area contributed by atoms with Gasteiger partial charge >= 0.3 is 0 Å². The van der Waals surface area contributed by atoms with Crippen LogP contribution in [0, 0.1) is 23.1 Å². The van der Waals surface area contributed by atoms with Crippen LogP contribution in [0.25, 0.3) is 0 Å². The lowest BCUT2D eigenvalue weighted by Crippen LogP contribution is -2.41. The number of halogens is 1. The average Bonchev–Trinajstić information content (AvgIpc) is 2.70. The first-order chi connectivity index (χ1) is 13.1. The normalized spacial score (nSPS) is 14.4. The summed E-state index contributed by atoms with van der Waals surface area (Å²) in [6.45, 7) is 1.01. The Bertz CT molecular complexity index is 866. The molecule has 1 N–H and O–H groups in total. The summed E-state index contributed by atoms with van der Waals surface area (Å²) >= 11 is 0. The van der Waals surface area contributed by atoms with Crippen molar-refractivity contribution in [3.8, 4) is 6.07 Å². The number of carbonyl (C=O) groups excluding carboxylic acids is 2. The molecule has 1 heterocycles. The van der Waals surface area contributed by atoms with Gasteiger partial charge in [-0.25, -0.2) is 4.39 Å². The van der Waals surface area contributed by atoms with Crippen LogP contribution >= 0.6 is 0 Å². The van der Waals surface area contributed by atoms with Crippen LogP contribution in [0.2, 0.25) is 0 Å². The molecule has 3 rings (SSSR count). The summed E-state index contributed by atoms with van der Waals surface area (Å²) < 4.78 is 12.9. The average molecular weight is 365 g/mol. The molecule has 5 nitrogen and oxygen atoms in total. The fraction of sp³-hybridized carbons (Fsp3) is 0.286. The van der Waals surface area contributed by atoms with E-state index in [1.165, 1.54) is 24.3 Å². The number of hydrogen-bond acceptors (Lipinski definition) is 3. The van der Waals surface area contributed by atoms with Crippen LogP contribution < -0.4 is 5.32 Å². The second-order valence-electron chi connectivity index (χ2n) is 6.60. The molecule has 1 aliphatic rings. The molecule has 1 fully saturated rings. The van der Waals surface area contributed by atoms with Crippen molar-refractivity contribution in [2.75, 3.05) is 18.4 Å². The van der Waals surface area contributed by atoms with Crippen molar-refractivity contribution < 1.29 is 14.0 Å². The number of nitrogens with one attached hydrogen (secondary N) is 1. The number of carbonyl (C=O) groups is 2. The predicted octanol–water partition coefficient (Wildman–Crippen LogP) is 3.38. The Morgan fingerprint density at radius 2 is 1.85 bits per heavy atom. The van der Waals surface area contributed by atoms with Gasteiger partial charge in [0.05, 0.1) is 12.5 Å². The summed E-state index contributed by atoms with van der Waals surface area (Å²) in [5, 5.41) is 11.6. The van der Waals surface area contributed by atoms with Crippen LogP contribution in [-0.4, -0.2) is 29.8 Å². The molecule has 0 atom stereocenters. The number of anilines is 1. The molecule has 0 aromatic heterocycles. The smallest absolute Gasteiger partial charge is 0.253 e. The molecule has 0 saturated carbocycles. The van der Waals surface area contributed by atoms with E-state index in [0.717, 1.165) is 5.56 Å². The van der Waals surface area contributed by atoms with Crippen LogP contribution in [0.15, 0.2) is 48.5 Å². The van der Waals surface area contributed by atoms with Crippen LogP contribution in [0.1, 0.15) is 28.8 Å². The molecule has 0 bridgehead atoms. The summed E-state index contributed by atoms with van der Waals surface area (Å²) in [4.78, 5) is 26.8. The molecule has 0 spiro atoms.